The predicted molar refractivity (Wildman–Crippen MR) is 310 cm³/mol. The zero-order valence-corrected chi connectivity index (χ0v) is 44.9. The van der Waals surface area contributed by atoms with Crippen LogP contribution in [-0.2, 0) is 14.4 Å². The fourth-order valence-corrected chi connectivity index (χ4v) is 8.13. The number of carbonyl (C=O) groups is 3. The summed E-state index contributed by atoms with van der Waals surface area (Å²) in [5.74, 6) is 3.17. The zero-order valence-electron chi connectivity index (χ0n) is 44.9. The van der Waals surface area contributed by atoms with E-state index in [1.165, 1.54) is 0 Å². The van der Waals surface area contributed by atoms with Gasteiger partial charge >= 0.3 is 0 Å². The molecule has 9 aromatic heterocycles. The summed E-state index contributed by atoms with van der Waals surface area (Å²) < 4.78 is 12.3. The number of rotatable bonds is 19. The second-order valence-electron chi connectivity index (χ2n) is 18.7. The Kier molecular flexibility index (Phi) is 18.2. The number of alkyl halides is 1. The first-order valence-corrected chi connectivity index (χ1v) is 25.6. The molecule has 9 aromatic rings. The number of hydrogen-bond acceptors (Lipinski definition) is 15. The van der Waals surface area contributed by atoms with E-state index < -0.39 is 23.3 Å². The number of nitrogens with one attached hydrogen (secondary N) is 8. The number of fused-ring (bicyclic) bond motifs is 3. The van der Waals surface area contributed by atoms with Crippen LogP contribution in [0.3, 0.4) is 0 Å². The number of amides is 3. The zero-order chi connectivity index (χ0) is 55.2. The van der Waals surface area contributed by atoms with Crippen LogP contribution in [0.2, 0.25) is 0 Å². The summed E-state index contributed by atoms with van der Waals surface area (Å²) in [6.45, 7) is 15.9. The van der Waals surface area contributed by atoms with Crippen molar-refractivity contribution in [3.63, 3.8) is 0 Å². The highest BCUT2D eigenvalue weighted by Crippen LogP contribution is 2.30. The lowest BCUT2D eigenvalue weighted by atomic mass is 9.97. The second kappa shape index (κ2) is 25.1. The van der Waals surface area contributed by atoms with Crippen molar-refractivity contribution in [3.05, 3.63) is 110 Å². The van der Waals surface area contributed by atoms with Gasteiger partial charge in [0.05, 0.1) is 0 Å². The van der Waals surface area contributed by atoms with E-state index in [4.69, 9.17) is 0 Å². The minimum absolute atomic E-state index is 0. The van der Waals surface area contributed by atoms with Crippen molar-refractivity contribution in [1.82, 2.24) is 75.3 Å². The fraction of sp³-hybridized carbons (Fsp3) is 0.345. The molecule has 0 unspecified atom stereocenters. The summed E-state index contributed by atoms with van der Waals surface area (Å²) in [6.07, 6.45) is 17.5. The van der Waals surface area contributed by atoms with Gasteiger partial charge in [-0.05, 0) is 108 Å². The number of hydrogen-bond donors (Lipinski definition) is 8. The van der Waals surface area contributed by atoms with E-state index in [9.17, 15) is 18.8 Å². The van der Waals surface area contributed by atoms with Crippen LogP contribution in [0.1, 0.15) is 81.8 Å². The maximum atomic E-state index is 12.7. The summed E-state index contributed by atoms with van der Waals surface area (Å²) in [7, 11) is 1.81. The van der Waals surface area contributed by atoms with Crippen LogP contribution in [0.15, 0.2) is 110 Å². The maximum absolute atomic E-state index is 12.7. The third-order valence-electron chi connectivity index (χ3n) is 13.4. The SMILES string of the molecule is CCN(C)C(=O)[C@@](C)(CC)Nc1ccnc(-c2c[nH]c3ncccc23)n1.CCNC(=O)[C@@](C)(CC)Nc1ccnc(-c2c[nH]c3ncccc23)n1.CC[C@@](C)(Nc1ccnc(-c2c[nH]c3ncccc23)n1)C(=O)NCCF.[HH].[HH].[HH].[HH].[HH]. The maximum Gasteiger partial charge on any atom is 0.247 e. The molecule has 0 saturated carbocycles. The van der Waals surface area contributed by atoms with Crippen LogP contribution >= 0.6 is 0 Å². The van der Waals surface area contributed by atoms with Gasteiger partial charge in [-0.15, -0.1) is 0 Å². The average molecular weight is 1060 g/mol. The Balaban J connectivity index is 0.000000408. The lowest BCUT2D eigenvalue weighted by Crippen LogP contribution is -2.50. The largest absolute Gasteiger partial charge is 0.356 e. The van der Waals surface area contributed by atoms with Crippen LogP contribution in [0, 0.1) is 0 Å². The molecule has 0 saturated heterocycles. The first kappa shape index (κ1) is 55.8. The first-order chi connectivity index (χ1) is 37.1. The smallest absolute Gasteiger partial charge is 0.247 e. The molecule has 0 aliphatic carbocycles. The highest BCUT2D eigenvalue weighted by Gasteiger charge is 2.35. The van der Waals surface area contributed by atoms with E-state index in [0.717, 1.165) is 49.8 Å². The van der Waals surface area contributed by atoms with Gasteiger partial charge in [-0.25, -0.2) is 49.2 Å². The Labute approximate surface area is 453 Å². The summed E-state index contributed by atoms with van der Waals surface area (Å²) in [5.41, 5.74) is 2.58. The normalized spacial score (nSPS) is 13.4. The molecule has 8 N–H and O–H groups in total. The molecule has 0 radical (unpaired) electrons. The quantitative estimate of drug-likeness (QED) is 0.0374. The third kappa shape index (κ3) is 12.9. The van der Waals surface area contributed by atoms with Crippen LogP contribution in [-0.4, -0.2) is 132 Å². The number of aromatic amines is 3. The molecule has 9 rings (SSSR count). The highest BCUT2D eigenvalue weighted by atomic mass is 19.1. The van der Waals surface area contributed by atoms with Crippen LogP contribution < -0.4 is 26.6 Å². The molecule has 21 nitrogen and oxygen atoms in total. The van der Waals surface area contributed by atoms with Crippen LogP contribution in [0.4, 0.5) is 21.8 Å². The van der Waals surface area contributed by atoms with Gasteiger partial charge in [-0.3, -0.25) is 14.4 Å². The van der Waals surface area contributed by atoms with Crippen LogP contribution in [0.5, 0.6) is 0 Å². The average Bonchev–Trinajstić information content (AvgIpc) is 4.26. The molecule has 9 heterocycles. The van der Waals surface area contributed by atoms with E-state index in [1.54, 1.807) is 67.2 Å². The number of nitrogens with zero attached hydrogens (tertiary/aromatic N) is 10. The Morgan fingerprint density at radius 3 is 1.23 bits per heavy atom. The van der Waals surface area contributed by atoms with Gasteiger partial charge in [0.2, 0.25) is 17.7 Å². The lowest BCUT2D eigenvalue weighted by Gasteiger charge is -2.32. The summed E-state index contributed by atoms with van der Waals surface area (Å²) in [6, 6.07) is 16.8. The van der Waals surface area contributed by atoms with E-state index in [-0.39, 0.29) is 31.4 Å². The summed E-state index contributed by atoms with van der Waals surface area (Å²) >= 11 is 0. The minimum atomic E-state index is -0.900. The molecule has 0 fully saturated rings. The molecule has 22 heteroatoms. The van der Waals surface area contributed by atoms with Crippen LogP contribution in [0.25, 0.3) is 67.3 Å². The van der Waals surface area contributed by atoms with Crippen molar-refractivity contribution in [2.45, 2.75) is 91.3 Å². The molecule has 0 spiro atoms. The number of halogens is 1. The van der Waals surface area contributed by atoms with E-state index in [2.05, 4.69) is 86.4 Å². The molecule has 3 amide bonds. The highest BCUT2D eigenvalue weighted by molar-refractivity contribution is 5.94. The summed E-state index contributed by atoms with van der Waals surface area (Å²) in [5, 5.41) is 18.0. The number of carbonyl (C=O) groups excluding carboxylic acids is 3. The van der Waals surface area contributed by atoms with E-state index >= 15 is 0 Å². The molecule has 0 bridgehead atoms. The monoisotopic (exact) mass is 1060 g/mol. The van der Waals surface area contributed by atoms with Crippen molar-refractivity contribution in [3.8, 4) is 34.2 Å². The Morgan fingerprint density at radius 2 is 0.896 bits per heavy atom. The molecular formula is C55H77FN18O3. The lowest BCUT2D eigenvalue weighted by molar-refractivity contribution is -0.134. The van der Waals surface area contributed by atoms with Crippen molar-refractivity contribution in [2.24, 2.45) is 0 Å². The minimum Gasteiger partial charge on any atom is -0.356 e. The van der Waals surface area contributed by atoms with Crippen molar-refractivity contribution >= 4 is 68.3 Å². The summed E-state index contributed by atoms with van der Waals surface area (Å²) in [4.78, 5) is 88.2. The number of H-pyrrole nitrogens is 3. The van der Waals surface area contributed by atoms with E-state index in [1.807, 2.05) is 111 Å². The van der Waals surface area contributed by atoms with Gasteiger partial charge in [0, 0.05) is 122 Å². The van der Waals surface area contributed by atoms with Gasteiger partial charge in [0.15, 0.2) is 17.5 Å². The van der Waals surface area contributed by atoms with Gasteiger partial charge in [-0.2, -0.15) is 0 Å². The van der Waals surface area contributed by atoms with Gasteiger partial charge in [-0.1, -0.05) is 20.8 Å². The molecule has 3 atom stereocenters. The number of pyridine rings is 3. The van der Waals surface area contributed by atoms with Crippen molar-refractivity contribution < 1.29 is 25.9 Å². The van der Waals surface area contributed by atoms with Gasteiger partial charge < -0.3 is 46.4 Å². The fourth-order valence-electron chi connectivity index (χ4n) is 8.13. The van der Waals surface area contributed by atoms with E-state index in [0.29, 0.717) is 67.3 Å². The topological polar surface area (TPSA) is 278 Å². The molecule has 0 aliphatic heterocycles. The predicted octanol–water partition coefficient (Wildman–Crippen LogP) is 9.73. The van der Waals surface area contributed by atoms with Gasteiger partial charge in [0.1, 0.15) is 57.7 Å². The number of anilines is 3. The first-order valence-electron chi connectivity index (χ1n) is 25.6. The third-order valence-corrected chi connectivity index (χ3v) is 13.4. The van der Waals surface area contributed by atoms with Crippen molar-refractivity contribution in [2.75, 3.05) is 49.3 Å². The Morgan fingerprint density at radius 1 is 0.532 bits per heavy atom. The Hall–Kier alpha value is -8.95. The number of likely N-dealkylation sites (N-methyl/N-ethyl adjacent to an activating group) is 2. The number of aromatic nitrogens is 12. The standard InChI is InChI=1S/C19H24N6O.C18H21FN6O.C18H22N6O.5H2/c1-5-19(3,18(26)25(4)6-2)24-15-9-11-21-17(23-15)14-12-22-16-13(14)8-7-10-20-16;1-3-18(2,17(26)22-10-7-19)25-14-6-9-21-16(24-14)13-11-23-15-12(13)5-4-8-20-15;1-4-18(3,17(25)19-5-2)24-14-8-10-21-16(23-14)13-11-22-15-12(13)7-6-9-20-15;;;;;/h7-12H,5-6H2,1-4H3,(H,20,22)(H,21,23,24);4-6,8-9,11H,3,7,10H2,1-2H3,(H,20,23)(H,22,26)(H,21,24,25);6-11H,4-5H2,1-3H3,(H,19,25)(H,20,22)(H,21,23,24);5*1H/t19-;2*18-;;;;;/m111...../s1. The molecular weight excluding hydrogens is 980 g/mol. The molecule has 77 heavy (non-hydrogen) atoms. The molecule has 412 valence electrons. The molecule has 0 aromatic carbocycles. The van der Waals surface area contributed by atoms with Gasteiger partial charge in [0.25, 0.3) is 0 Å². The Bertz CT molecular complexity index is 3460. The van der Waals surface area contributed by atoms with Crippen molar-refractivity contribution in [1.29, 1.82) is 0 Å². The second-order valence-corrected chi connectivity index (χ2v) is 18.7. The molecule has 0 aliphatic rings.